The summed E-state index contributed by atoms with van der Waals surface area (Å²) in [6, 6.07) is 25.0. The first kappa shape index (κ1) is 50.5. The minimum Gasteiger partial charge on any atom is -0.459 e. The smallest absolute Gasteiger partial charge is 0.269 e. The Kier molecular flexibility index (Phi) is 17.4. The van der Waals surface area contributed by atoms with Gasteiger partial charge in [0.1, 0.15) is 29.9 Å². The summed E-state index contributed by atoms with van der Waals surface area (Å²) in [6.45, 7) is 6.52. The molecule has 364 valence electrons. The molecule has 69 heavy (non-hydrogen) atoms. The number of carbonyl (C=O) groups is 1. The van der Waals surface area contributed by atoms with E-state index in [1.54, 1.807) is 53.1 Å². The number of oxime groups is 1. The fraction of sp³-hybridized carbons (Fsp3) is 0.396. The Hall–Kier alpha value is -6.33. The molecule has 1 saturated carbocycles. The number of allylic oxidation sites excluding steroid dienone is 1. The SMILES string of the molecule is C=CCO[C@@]12Oc3ccc(Oc4ccc(SC)cc4)cc3[C@H]3[C@H](CCCCO)[C@@H](CCCCO)C=C(C(=NOCc4ccc([N+](=O)[O-])cc4)C[C@@H]1N(CCC)C(=O)C=Cc1ccc([N+](=O)[O-])cc1)[C@H]32. The molecule has 1 aliphatic heterocycles. The largest absolute Gasteiger partial charge is 0.459 e. The first-order valence-electron chi connectivity index (χ1n) is 23.5. The maximum Gasteiger partial charge on any atom is 0.269 e. The zero-order chi connectivity index (χ0) is 48.9. The molecule has 0 radical (unpaired) electrons. The third kappa shape index (κ3) is 11.8. The highest BCUT2D eigenvalue weighted by Gasteiger charge is 2.65. The average Bonchev–Trinajstić information content (AvgIpc) is 3.36. The standard InChI is InChI=1S/C53H60N4O11S/c1-4-28-55(50(60)27-16-36-12-17-39(18-13-36)56(61)62)49-34-47(54-66-35-37-14-19-40(20-15-37)57(63)64)45-32-38(10-6-8-29-58)44(11-7-9-30-59)51-46-33-42(67-41-21-24-43(69-3)25-22-41)23-26-48(46)68-53(49,52(45)51)65-31-5-2/h5,12-27,32-33,38,44,49,51-52,58-59H,2,4,6-11,28-31,34-35H2,1,3H3/t38-,44+,49-,51+,52+,53+/m0/s1. The number of amides is 1. The van der Waals surface area contributed by atoms with Crippen LogP contribution in [0.15, 0.2) is 131 Å². The second kappa shape index (κ2) is 23.8. The quantitative estimate of drug-likeness (QED) is 0.0169. The van der Waals surface area contributed by atoms with E-state index in [1.165, 1.54) is 30.3 Å². The lowest BCUT2D eigenvalue weighted by Crippen LogP contribution is -2.70. The zero-order valence-electron chi connectivity index (χ0n) is 39.0. The number of nitrogens with zero attached hydrogens (tertiary/aromatic N) is 4. The van der Waals surface area contributed by atoms with E-state index in [0.717, 1.165) is 41.7 Å². The third-order valence-electron chi connectivity index (χ3n) is 13.1. The minimum absolute atomic E-state index is 0.00682. The molecule has 0 saturated heterocycles. The van der Waals surface area contributed by atoms with Crippen LogP contribution in [0.3, 0.4) is 0 Å². The van der Waals surface area contributed by atoms with Crippen LogP contribution in [0.1, 0.15) is 80.9 Å². The van der Waals surface area contributed by atoms with Crippen molar-refractivity contribution in [1.82, 2.24) is 4.90 Å². The molecular formula is C53H60N4O11S. The molecule has 15 nitrogen and oxygen atoms in total. The van der Waals surface area contributed by atoms with Crippen molar-refractivity contribution < 1.29 is 43.9 Å². The van der Waals surface area contributed by atoms with Crippen LogP contribution >= 0.6 is 11.8 Å². The van der Waals surface area contributed by atoms with Crippen LogP contribution in [0, 0.1) is 38.0 Å². The van der Waals surface area contributed by atoms with Crippen LogP contribution in [0.2, 0.25) is 0 Å². The Labute approximate surface area is 406 Å². The van der Waals surface area contributed by atoms with Crippen molar-refractivity contribution in [3.8, 4) is 17.2 Å². The Morgan fingerprint density at radius 1 is 0.928 bits per heavy atom. The van der Waals surface area contributed by atoms with Gasteiger partial charge in [0, 0.05) is 72.9 Å². The first-order chi connectivity index (χ1) is 33.5. The monoisotopic (exact) mass is 960 g/mol. The number of benzene rings is 4. The average molecular weight is 961 g/mol. The van der Waals surface area contributed by atoms with Gasteiger partial charge in [-0.2, -0.15) is 0 Å². The first-order valence-corrected chi connectivity index (χ1v) is 24.7. The second-order valence-corrected chi connectivity index (χ2v) is 18.3. The molecule has 4 aromatic rings. The van der Waals surface area contributed by atoms with Gasteiger partial charge in [0.2, 0.25) is 11.7 Å². The van der Waals surface area contributed by atoms with E-state index in [0.29, 0.717) is 59.9 Å². The molecule has 3 aliphatic rings. The summed E-state index contributed by atoms with van der Waals surface area (Å²) in [4.78, 5) is 45.7. The number of carbonyl (C=O) groups excluding carboxylic acids is 1. The van der Waals surface area contributed by atoms with E-state index in [2.05, 4.69) is 12.7 Å². The lowest BCUT2D eigenvalue weighted by atomic mass is 9.55. The lowest BCUT2D eigenvalue weighted by Gasteiger charge is -2.60. The van der Waals surface area contributed by atoms with Crippen molar-refractivity contribution in [2.24, 2.45) is 22.9 Å². The van der Waals surface area contributed by atoms with E-state index in [9.17, 15) is 35.2 Å². The Morgan fingerprint density at radius 2 is 1.59 bits per heavy atom. The van der Waals surface area contributed by atoms with Crippen LogP contribution < -0.4 is 9.47 Å². The van der Waals surface area contributed by atoms with Crippen molar-refractivity contribution in [2.45, 2.75) is 87.5 Å². The van der Waals surface area contributed by atoms with Crippen molar-refractivity contribution >= 4 is 40.8 Å². The third-order valence-corrected chi connectivity index (χ3v) is 13.9. The summed E-state index contributed by atoms with van der Waals surface area (Å²) < 4.78 is 21.0. The number of nitro benzene ring substituents is 2. The van der Waals surface area contributed by atoms with E-state index in [-0.39, 0.29) is 67.9 Å². The maximum atomic E-state index is 14.8. The number of unbranched alkanes of at least 4 members (excludes halogenated alkanes) is 2. The fourth-order valence-electron chi connectivity index (χ4n) is 10.0. The van der Waals surface area contributed by atoms with E-state index < -0.39 is 27.6 Å². The molecule has 0 spiro atoms. The van der Waals surface area contributed by atoms with Crippen molar-refractivity contribution in [3.63, 3.8) is 0 Å². The number of aliphatic hydroxyl groups is 2. The van der Waals surface area contributed by atoms with E-state index in [1.807, 2.05) is 55.6 Å². The molecule has 1 heterocycles. The van der Waals surface area contributed by atoms with Gasteiger partial charge in [0.05, 0.1) is 28.1 Å². The van der Waals surface area contributed by atoms with Gasteiger partial charge in [-0.15, -0.1) is 18.3 Å². The number of hydrogen-bond acceptors (Lipinski definition) is 13. The predicted molar refractivity (Wildman–Crippen MR) is 265 cm³/mol. The minimum atomic E-state index is -1.50. The van der Waals surface area contributed by atoms with Crippen molar-refractivity contribution in [3.05, 3.63) is 158 Å². The summed E-state index contributed by atoms with van der Waals surface area (Å²) in [6.07, 6.45) is 14.0. The molecule has 0 bridgehead atoms. The van der Waals surface area contributed by atoms with Gasteiger partial charge in [-0.25, -0.2) is 0 Å². The maximum absolute atomic E-state index is 14.8. The molecule has 2 aliphatic carbocycles. The number of ether oxygens (including phenoxy) is 3. The Bertz CT molecular complexity index is 2510. The van der Waals surface area contributed by atoms with Crippen LogP contribution in [0.5, 0.6) is 17.2 Å². The normalized spacial score (nSPS) is 21.9. The zero-order valence-corrected chi connectivity index (χ0v) is 39.8. The van der Waals surface area contributed by atoms with Gasteiger partial charge in [-0.3, -0.25) is 25.0 Å². The van der Waals surface area contributed by atoms with Crippen LogP contribution in [0.25, 0.3) is 6.08 Å². The van der Waals surface area contributed by atoms with Gasteiger partial charge in [0.15, 0.2) is 0 Å². The molecule has 6 atom stereocenters. The number of fused-ring (bicyclic) bond motifs is 2. The summed E-state index contributed by atoms with van der Waals surface area (Å²) in [5.74, 6) is -0.855. The predicted octanol–water partition coefficient (Wildman–Crippen LogP) is 10.8. The molecule has 7 rings (SSSR count). The summed E-state index contributed by atoms with van der Waals surface area (Å²) in [7, 11) is 0. The van der Waals surface area contributed by atoms with Crippen molar-refractivity contribution in [2.75, 3.05) is 32.6 Å². The molecule has 4 aromatic carbocycles. The lowest BCUT2D eigenvalue weighted by molar-refractivity contribution is -0.385. The van der Waals surface area contributed by atoms with E-state index in [4.69, 9.17) is 24.2 Å². The number of rotatable bonds is 24. The van der Waals surface area contributed by atoms with Crippen LogP contribution in [0.4, 0.5) is 11.4 Å². The fourth-order valence-corrected chi connectivity index (χ4v) is 10.4. The van der Waals surface area contributed by atoms with Gasteiger partial charge < -0.3 is 34.2 Å². The van der Waals surface area contributed by atoms with Gasteiger partial charge >= 0.3 is 0 Å². The van der Waals surface area contributed by atoms with Gasteiger partial charge in [-0.1, -0.05) is 37.1 Å². The highest BCUT2D eigenvalue weighted by molar-refractivity contribution is 7.98. The molecular weight excluding hydrogens is 901 g/mol. The van der Waals surface area contributed by atoms with Crippen LogP contribution in [-0.4, -0.2) is 81.0 Å². The summed E-state index contributed by atoms with van der Waals surface area (Å²) >= 11 is 1.64. The highest BCUT2D eigenvalue weighted by Crippen LogP contribution is 2.62. The van der Waals surface area contributed by atoms with Crippen LogP contribution in [-0.2, 0) is 21.0 Å². The summed E-state index contributed by atoms with van der Waals surface area (Å²) in [5.41, 5.74) is 3.52. The van der Waals surface area contributed by atoms with Gasteiger partial charge in [-0.05, 0) is 140 Å². The second-order valence-electron chi connectivity index (χ2n) is 17.5. The number of non-ortho nitro benzene ring substituents is 2. The number of thioether (sulfide) groups is 1. The molecule has 0 aromatic heterocycles. The molecule has 1 fully saturated rings. The highest BCUT2D eigenvalue weighted by atomic mass is 32.2. The molecule has 16 heteroatoms. The van der Waals surface area contributed by atoms with E-state index >= 15 is 0 Å². The van der Waals surface area contributed by atoms with Crippen molar-refractivity contribution in [1.29, 1.82) is 0 Å². The topological polar surface area (TPSA) is 196 Å². The summed E-state index contributed by atoms with van der Waals surface area (Å²) in [5, 5.41) is 47.7. The molecule has 0 unspecified atom stereocenters. The number of hydrogen-bond donors (Lipinski definition) is 2. The number of nitro groups is 2. The Morgan fingerprint density at radius 3 is 2.23 bits per heavy atom. The molecule has 2 N–H and O–H groups in total. The number of aliphatic hydroxyl groups excluding tert-OH is 2. The molecule has 1 amide bonds. The van der Waals surface area contributed by atoms with Gasteiger partial charge in [0.25, 0.3) is 11.4 Å². The Balaban J connectivity index is 1.41.